The Hall–Kier alpha value is -0.0700. The first kappa shape index (κ1) is 8.03. The van der Waals surface area contributed by atoms with Crippen molar-refractivity contribution >= 4 is 0 Å². The Morgan fingerprint density at radius 3 is 2.00 bits per heavy atom. The van der Waals surface area contributed by atoms with Crippen molar-refractivity contribution in [2.45, 2.75) is 46.2 Å². The minimum atomic E-state index is -0.510. The highest BCUT2D eigenvalue weighted by atomic mass is 19.1. The van der Waals surface area contributed by atoms with Crippen LogP contribution in [0.15, 0.2) is 0 Å². The first-order chi connectivity index (χ1) is 4.50. The number of alkyl halides is 1. The van der Waals surface area contributed by atoms with Gasteiger partial charge in [0, 0.05) is 0 Å². The molecule has 1 aliphatic carbocycles. The molecule has 0 radical (unpaired) electrons. The van der Waals surface area contributed by atoms with Crippen LogP contribution in [0.5, 0.6) is 0 Å². The maximum absolute atomic E-state index is 12.7. The molecule has 2 atom stereocenters. The summed E-state index contributed by atoms with van der Waals surface area (Å²) in [6, 6.07) is 0. The molecule has 1 heteroatoms. The summed E-state index contributed by atoms with van der Waals surface area (Å²) in [5.41, 5.74) is 0.320. The van der Waals surface area contributed by atoms with E-state index in [1.165, 1.54) is 0 Å². The molecule has 0 heterocycles. The third kappa shape index (κ3) is 1.71. The van der Waals surface area contributed by atoms with Gasteiger partial charge in [0.2, 0.25) is 0 Å². The molecule has 0 N–H and O–H groups in total. The molecule has 1 fully saturated rings. The maximum Gasteiger partial charge on any atom is 0.100 e. The summed E-state index contributed by atoms with van der Waals surface area (Å²) < 4.78 is 12.7. The summed E-state index contributed by atoms with van der Waals surface area (Å²) in [6.45, 7) is 6.61. The quantitative estimate of drug-likeness (QED) is 0.490. The summed E-state index contributed by atoms with van der Waals surface area (Å²) in [4.78, 5) is 0. The average Bonchev–Trinajstić information content (AvgIpc) is 2.11. The van der Waals surface area contributed by atoms with E-state index in [1.807, 2.05) is 0 Å². The van der Waals surface area contributed by atoms with Crippen LogP contribution in [0.1, 0.15) is 40.0 Å². The Morgan fingerprint density at radius 2 is 1.80 bits per heavy atom. The van der Waals surface area contributed by atoms with E-state index >= 15 is 0 Å². The molecular formula is C9H17F. The van der Waals surface area contributed by atoms with Gasteiger partial charge >= 0.3 is 0 Å². The third-order valence-corrected chi connectivity index (χ3v) is 2.59. The van der Waals surface area contributed by atoms with Crippen LogP contribution in [0.4, 0.5) is 4.39 Å². The molecule has 0 aromatic carbocycles. The zero-order valence-electron chi connectivity index (χ0n) is 7.15. The van der Waals surface area contributed by atoms with E-state index in [-0.39, 0.29) is 0 Å². The van der Waals surface area contributed by atoms with Crippen molar-refractivity contribution in [3.63, 3.8) is 0 Å². The SMILES string of the molecule is CC(C)(C)C1CC[C@H](F)C1. The van der Waals surface area contributed by atoms with E-state index in [1.54, 1.807) is 0 Å². The predicted octanol–water partition coefficient (Wildman–Crippen LogP) is 3.17. The Morgan fingerprint density at radius 1 is 1.20 bits per heavy atom. The van der Waals surface area contributed by atoms with Gasteiger partial charge in [0.25, 0.3) is 0 Å². The molecule has 1 rings (SSSR count). The molecule has 0 saturated heterocycles. The van der Waals surface area contributed by atoms with E-state index in [0.29, 0.717) is 11.3 Å². The molecule has 0 nitrogen and oxygen atoms in total. The fourth-order valence-electron chi connectivity index (χ4n) is 1.71. The lowest BCUT2D eigenvalue weighted by atomic mass is 9.80. The van der Waals surface area contributed by atoms with Gasteiger partial charge in [0.15, 0.2) is 0 Å². The molecule has 1 unspecified atom stereocenters. The van der Waals surface area contributed by atoms with E-state index in [4.69, 9.17) is 0 Å². The van der Waals surface area contributed by atoms with Crippen molar-refractivity contribution in [2.24, 2.45) is 11.3 Å². The van der Waals surface area contributed by atoms with Crippen molar-refractivity contribution in [3.05, 3.63) is 0 Å². The van der Waals surface area contributed by atoms with Crippen molar-refractivity contribution < 1.29 is 4.39 Å². The Kier molecular flexibility index (Phi) is 2.02. The molecule has 1 aliphatic rings. The zero-order valence-corrected chi connectivity index (χ0v) is 7.15. The normalized spacial score (nSPS) is 34.8. The summed E-state index contributed by atoms with van der Waals surface area (Å²) >= 11 is 0. The van der Waals surface area contributed by atoms with Crippen LogP contribution >= 0.6 is 0 Å². The molecule has 60 valence electrons. The van der Waals surface area contributed by atoms with Gasteiger partial charge in [-0.25, -0.2) is 4.39 Å². The van der Waals surface area contributed by atoms with Crippen molar-refractivity contribution in [1.82, 2.24) is 0 Å². The Bertz CT molecular complexity index is 112. The Labute approximate surface area is 62.8 Å². The first-order valence-electron chi connectivity index (χ1n) is 4.14. The van der Waals surface area contributed by atoms with Crippen molar-refractivity contribution in [2.75, 3.05) is 0 Å². The molecule has 0 amide bonds. The first-order valence-corrected chi connectivity index (χ1v) is 4.14. The second-order valence-electron chi connectivity index (χ2n) is 4.47. The lowest BCUT2D eigenvalue weighted by Crippen LogP contribution is -2.17. The van der Waals surface area contributed by atoms with E-state index in [0.717, 1.165) is 19.3 Å². The van der Waals surface area contributed by atoms with Gasteiger partial charge in [-0.2, -0.15) is 0 Å². The largest absolute Gasteiger partial charge is 0.247 e. The predicted molar refractivity (Wildman–Crippen MR) is 41.7 cm³/mol. The molecule has 0 aliphatic heterocycles. The van der Waals surface area contributed by atoms with Gasteiger partial charge in [0.1, 0.15) is 6.17 Å². The number of hydrogen-bond donors (Lipinski definition) is 0. The molecule has 1 saturated carbocycles. The highest BCUT2D eigenvalue weighted by Gasteiger charge is 2.32. The average molecular weight is 144 g/mol. The van der Waals surface area contributed by atoms with E-state index in [2.05, 4.69) is 20.8 Å². The van der Waals surface area contributed by atoms with Gasteiger partial charge in [-0.15, -0.1) is 0 Å². The van der Waals surface area contributed by atoms with Crippen LogP contribution in [0.2, 0.25) is 0 Å². The van der Waals surface area contributed by atoms with Crippen LogP contribution in [0, 0.1) is 11.3 Å². The zero-order chi connectivity index (χ0) is 7.78. The third-order valence-electron chi connectivity index (χ3n) is 2.59. The van der Waals surface area contributed by atoms with Gasteiger partial charge in [-0.1, -0.05) is 20.8 Å². The van der Waals surface area contributed by atoms with E-state index in [9.17, 15) is 4.39 Å². The van der Waals surface area contributed by atoms with Crippen LogP contribution < -0.4 is 0 Å². The molecule has 0 spiro atoms. The van der Waals surface area contributed by atoms with Crippen LogP contribution in [-0.2, 0) is 0 Å². The topological polar surface area (TPSA) is 0 Å². The van der Waals surface area contributed by atoms with E-state index < -0.39 is 6.17 Å². The number of rotatable bonds is 0. The lowest BCUT2D eigenvalue weighted by Gasteiger charge is -2.26. The Balaban J connectivity index is 2.45. The second kappa shape index (κ2) is 2.52. The van der Waals surface area contributed by atoms with Gasteiger partial charge in [0.05, 0.1) is 0 Å². The van der Waals surface area contributed by atoms with Crippen molar-refractivity contribution in [1.29, 1.82) is 0 Å². The van der Waals surface area contributed by atoms with Crippen LogP contribution in [0.3, 0.4) is 0 Å². The highest BCUT2D eigenvalue weighted by molar-refractivity contribution is 4.83. The summed E-state index contributed by atoms with van der Waals surface area (Å²) in [5, 5.41) is 0. The van der Waals surface area contributed by atoms with Crippen molar-refractivity contribution in [3.8, 4) is 0 Å². The molecule has 0 aromatic rings. The smallest absolute Gasteiger partial charge is 0.100 e. The van der Waals surface area contributed by atoms with Gasteiger partial charge in [-0.05, 0) is 30.6 Å². The fraction of sp³-hybridized carbons (Fsp3) is 1.00. The number of halogens is 1. The second-order valence-corrected chi connectivity index (χ2v) is 4.47. The highest BCUT2D eigenvalue weighted by Crippen LogP contribution is 2.40. The minimum Gasteiger partial charge on any atom is -0.247 e. The summed E-state index contributed by atoms with van der Waals surface area (Å²) in [5.74, 6) is 0.613. The van der Waals surface area contributed by atoms with Crippen LogP contribution in [0.25, 0.3) is 0 Å². The van der Waals surface area contributed by atoms with Gasteiger partial charge < -0.3 is 0 Å². The summed E-state index contributed by atoms with van der Waals surface area (Å²) in [7, 11) is 0. The molecule has 0 bridgehead atoms. The number of hydrogen-bond acceptors (Lipinski definition) is 0. The van der Waals surface area contributed by atoms with Crippen LogP contribution in [-0.4, -0.2) is 6.17 Å². The standard InChI is InChI=1S/C9H17F/c1-9(2,3)7-4-5-8(10)6-7/h7-8H,4-6H2,1-3H3/t7?,8-/m0/s1. The molecular weight excluding hydrogens is 127 g/mol. The lowest BCUT2D eigenvalue weighted by molar-refractivity contribution is 0.226. The molecule has 10 heavy (non-hydrogen) atoms. The summed E-state index contributed by atoms with van der Waals surface area (Å²) in [6.07, 6.45) is 2.17. The molecule has 0 aromatic heterocycles. The van der Waals surface area contributed by atoms with Gasteiger partial charge in [-0.3, -0.25) is 0 Å². The fourth-order valence-corrected chi connectivity index (χ4v) is 1.71. The maximum atomic E-state index is 12.7. The minimum absolute atomic E-state index is 0.320. The monoisotopic (exact) mass is 144 g/mol.